The standard InChI is InChI=1S/C12H27P.3CHO.Co/c1-4-7-10-13(11-8-5-2)12-9-6-3;3*1-2;/h4-12H2,1-3H3;3*1H;/p+1. The number of carbonyl (C=O) groups excluding carboxylic acids is 3. The molecule has 0 fully saturated rings. The minimum absolute atomic E-state index is 0. The van der Waals surface area contributed by atoms with Crippen LogP contribution in [-0.4, -0.2) is 34.1 Å². The van der Waals surface area contributed by atoms with E-state index in [4.69, 9.17) is 0 Å². The first-order chi connectivity index (χ1) is 9.69. The average Bonchev–Trinajstić information content (AvgIpc) is 2.49. The van der Waals surface area contributed by atoms with Crippen LogP contribution in [0.2, 0.25) is 0 Å². The summed E-state index contributed by atoms with van der Waals surface area (Å²) < 4.78 is 0. The van der Waals surface area contributed by atoms with Crippen molar-refractivity contribution in [1.82, 2.24) is 0 Å². The van der Waals surface area contributed by atoms with E-state index >= 15 is 0 Å². The molecule has 0 radical (unpaired) electrons. The van der Waals surface area contributed by atoms with Crippen LogP contribution >= 0.6 is 7.92 Å². The van der Waals surface area contributed by atoms with Crippen LogP contribution in [-0.2, 0) is 28.0 Å². The summed E-state index contributed by atoms with van der Waals surface area (Å²) >= 11 is -1.58. The minimum Gasteiger partial charge on any atom is 1.00 e. The Morgan fingerprint density at radius 2 is 1.05 bits per heavy atom. The predicted molar refractivity (Wildman–Crippen MR) is 87.6 cm³/mol. The van der Waals surface area contributed by atoms with Crippen molar-refractivity contribution >= 4 is 23.6 Å². The second-order valence-corrected chi connectivity index (χ2v) is 8.93. The summed E-state index contributed by atoms with van der Waals surface area (Å²) in [4.78, 5) is 28.6. The Morgan fingerprint density at radius 3 is 1.20 bits per heavy atom. The Morgan fingerprint density at radius 1 is 0.750 bits per heavy atom. The number of carbonyl (C=O) groups is 3. The molecule has 0 atom stereocenters. The van der Waals surface area contributed by atoms with Gasteiger partial charge in [0.25, 0.3) is 0 Å². The molecule has 5 heteroatoms. The van der Waals surface area contributed by atoms with Gasteiger partial charge in [-0.15, -0.1) is 7.92 Å². The Hall–Kier alpha value is -0.0535. The summed E-state index contributed by atoms with van der Waals surface area (Å²) in [5.41, 5.74) is 0. The number of hydrogen-bond acceptors (Lipinski definition) is 3. The molecule has 0 aromatic rings. The van der Waals surface area contributed by atoms with Crippen LogP contribution in [0.3, 0.4) is 0 Å². The van der Waals surface area contributed by atoms with Crippen molar-refractivity contribution in [3.05, 3.63) is 0 Å². The topological polar surface area (TPSA) is 51.2 Å². The first-order valence-corrected chi connectivity index (χ1v) is 11.1. The fraction of sp³-hybridized carbons (Fsp3) is 0.800. The molecule has 0 aromatic carbocycles. The number of rotatable bonds is 12. The summed E-state index contributed by atoms with van der Waals surface area (Å²) in [6.45, 7) is 6.94. The van der Waals surface area contributed by atoms with Crippen LogP contribution in [0.15, 0.2) is 0 Å². The number of unbranched alkanes of at least 4 members (excludes halogenated alkanes) is 3. The monoisotopic (exact) mass is 349 g/mol. The molecule has 0 heterocycles. The van der Waals surface area contributed by atoms with E-state index in [1.165, 1.54) is 38.5 Å². The quantitative estimate of drug-likeness (QED) is 0.393. The van der Waals surface area contributed by atoms with Gasteiger partial charge in [-0.2, -0.15) is 0 Å². The molecule has 0 amide bonds. The van der Waals surface area contributed by atoms with E-state index < -0.39 is 13.7 Å². The van der Waals surface area contributed by atoms with E-state index in [1.54, 1.807) is 18.5 Å². The first-order valence-electron chi connectivity index (χ1n) is 7.35. The molecule has 0 bridgehead atoms. The van der Waals surface area contributed by atoms with E-state index in [2.05, 4.69) is 20.8 Å². The molecule has 0 aromatic heterocycles. The van der Waals surface area contributed by atoms with Crippen molar-refractivity contribution in [1.29, 1.82) is 0 Å². The molecular weight excluding hydrogens is 318 g/mol. The van der Waals surface area contributed by atoms with Crippen molar-refractivity contribution < 1.29 is 29.5 Å². The van der Waals surface area contributed by atoms with Crippen molar-refractivity contribution in [2.75, 3.05) is 18.5 Å². The van der Waals surface area contributed by atoms with E-state index in [0.29, 0.717) is 23.6 Å². The fourth-order valence-electron chi connectivity index (χ4n) is 1.54. The van der Waals surface area contributed by atoms with Gasteiger partial charge in [0.1, 0.15) is 0 Å². The minimum atomic E-state index is -1.58. The maximum Gasteiger partial charge on any atom is 1.00 e. The van der Waals surface area contributed by atoms with Crippen molar-refractivity contribution in [2.24, 2.45) is 0 Å². The van der Waals surface area contributed by atoms with Gasteiger partial charge in [-0.05, 0) is 37.7 Å². The van der Waals surface area contributed by atoms with Gasteiger partial charge in [-0.3, -0.25) is 0 Å². The predicted octanol–water partition coefficient (Wildman–Crippen LogP) is 4.16. The van der Waals surface area contributed by atoms with Crippen LogP contribution in [0.5, 0.6) is 0 Å². The molecular formula is C15H31CoO3P+. The second-order valence-electron chi connectivity index (χ2n) is 4.47. The van der Waals surface area contributed by atoms with E-state index in [-0.39, 0.29) is 1.43 Å². The van der Waals surface area contributed by atoms with Crippen molar-refractivity contribution in [2.45, 2.75) is 59.3 Å². The van der Waals surface area contributed by atoms with Gasteiger partial charge < -0.3 is 0 Å². The van der Waals surface area contributed by atoms with E-state index in [0.717, 1.165) is 0 Å². The van der Waals surface area contributed by atoms with Crippen molar-refractivity contribution in [3.8, 4) is 0 Å². The molecule has 0 saturated carbocycles. The molecule has 122 valence electrons. The third-order valence-corrected chi connectivity index (χ3v) is 6.45. The third kappa shape index (κ3) is 16.0. The maximum atomic E-state index is 9.53. The van der Waals surface area contributed by atoms with Crippen LogP contribution in [0.25, 0.3) is 0 Å². The molecule has 0 aliphatic heterocycles. The average molecular weight is 349 g/mol. The summed E-state index contributed by atoms with van der Waals surface area (Å²) in [5, 5.41) is 1.06. The summed E-state index contributed by atoms with van der Waals surface area (Å²) in [6, 6.07) is 0. The van der Waals surface area contributed by atoms with Gasteiger partial charge in [0.2, 0.25) is 0 Å². The van der Waals surface area contributed by atoms with Gasteiger partial charge in [0.15, 0.2) is 0 Å². The largest absolute Gasteiger partial charge is 1.00 e. The molecule has 20 heavy (non-hydrogen) atoms. The third-order valence-electron chi connectivity index (χ3n) is 2.76. The smallest absolute Gasteiger partial charge is 1.00 e. The van der Waals surface area contributed by atoms with Crippen LogP contribution < -0.4 is 0 Å². The van der Waals surface area contributed by atoms with E-state index in [1.807, 2.05) is 0 Å². The van der Waals surface area contributed by atoms with Gasteiger partial charge >= 0.3 is 45.1 Å². The molecule has 0 N–H and O–H groups in total. The Kier molecular flexibility index (Phi) is 21.1. The van der Waals surface area contributed by atoms with Gasteiger partial charge in [0, 0.05) is 0 Å². The number of hydrogen-bond donors (Lipinski definition) is 0. The Balaban J connectivity index is -0.000000347. The zero-order chi connectivity index (χ0) is 15.6. The summed E-state index contributed by atoms with van der Waals surface area (Å²) in [6.07, 6.45) is 13.2. The van der Waals surface area contributed by atoms with Gasteiger partial charge in [-0.25, -0.2) is 0 Å². The van der Waals surface area contributed by atoms with Crippen molar-refractivity contribution in [3.63, 3.8) is 0 Å². The summed E-state index contributed by atoms with van der Waals surface area (Å²) in [7, 11) is 0.422. The molecule has 0 rings (SSSR count). The van der Waals surface area contributed by atoms with Crippen LogP contribution in [0, 0.1) is 0 Å². The first kappa shape index (κ1) is 22.2. The SMILES string of the molecule is CCCCP(CCCC)CCCC.O=[CH][Co]([CH]=O)[CH]=O.[H+]. The molecule has 3 nitrogen and oxygen atoms in total. The second kappa shape index (κ2) is 18.9. The Labute approximate surface area is 131 Å². The molecule has 0 spiro atoms. The normalized spacial score (nSPS) is 10.5. The van der Waals surface area contributed by atoms with Crippen LogP contribution in [0.4, 0.5) is 0 Å². The zero-order valence-electron chi connectivity index (χ0n) is 14.1. The zero-order valence-corrected chi connectivity index (χ0v) is 15.0. The van der Waals surface area contributed by atoms with Crippen LogP contribution in [0.1, 0.15) is 60.7 Å². The molecule has 0 aliphatic rings. The maximum absolute atomic E-state index is 9.53. The van der Waals surface area contributed by atoms with Gasteiger partial charge in [0.05, 0.1) is 0 Å². The fourth-order valence-corrected chi connectivity index (χ4v) is 4.67. The molecule has 0 aliphatic carbocycles. The Bertz CT molecular complexity index is 205. The van der Waals surface area contributed by atoms with E-state index in [9.17, 15) is 14.4 Å². The van der Waals surface area contributed by atoms with Gasteiger partial charge in [-0.1, -0.05) is 40.0 Å². The molecule has 0 unspecified atom stereocenters. The molecule has 0 saturated heterocycles. The summed E-state index contributed by atoms with van der Waals surface area (Å²) in [5.74, 6) is 0.